The van der Waals surface area contributed by atoms with Crippen molar-refractivity contribution >= 4 is 17.7 Å². The van der Waals surface area contributed by atoms with Crippen molar-refractivity contribution in [3.8, 4) is 5.75 Å². The highest BCUT2D eigenvalue weighted by Gasteiger charge is 2.55. The van der Waals surface area contributed by atoms with Crippen LogP contribution in [0.15, 0.2) is 30.5 Å². The molecular formula is C50H80N4O15. The van der Waals surface area contributed by atoms with Crippen LogP contribution in [0.3, 0.4) is 0 Å². The fourth-order valence-corrected chi connectivity index (χ4v) is 11.0. The van der Waals surface area contributed by atoms with Gasteiger partial charge in [-0.25, -0.2) is 9.48 Å². The molecule has 4 heterocycles. The molecule has 0 saturated carbocycles. The molecule has 1 unspecified atom stereocenters. The van der Waals surface area contributed by atoms with Crippen LogP contribution >= 0.6 is 0 Å². The minimum Gasteiger partial charge on any atom is -0.491 e. The Hall–Kier alpha value is -3.63. The van der Waals surface area contributed by atoms with E-state index in [1.165, 1.54) is 27.9 Å². The number of para-hydroxylation sites is 1. The summed E-state index contributed by atoms with van der Waals surface area (Å²) in [6.45, 7) is 19.3. The van der Waals surface area contributed by atoms with Crippen molar-refractivity contribution in [3.05, 3.63) is 41.7 Å². The number of likely N-dealkylation sites (N-methyl/N-ethyl adjacent to an activating group) is 1. The van der Waals surface area contributed by atoms with Crippen LogP contribution < -0.4 is 4.74 Å². The first-order chi connectivity index (χ1) is 32.3. The molecule has 1 aromatic carbocycles. The average molecular weight is 977 g/mol. The number of esters is 2. The van der Waals surface area contributed by atoms with E-state index in [-0.39, 0.29) is 39.0 Å². The summed E-state index contributed by atoms with van der Waals surface area (Å²) in [6.07, 6.45) is -7.38. The predicted molar refractivity (Wildman–Crippen MR) is 251 cm³/mol. The molecule has 5 rings (SSSR count). The van der Waals surface area contributed by atoms with Gasteiger partial charge in [-0.05, 0) is 85.9 Å². The molecule has 5 N–H and O–H groups in total. The first kappa shape index (κ1) is 56.3. The standard InChI is InChI=1S/C50H80N4O15/c1-14-38-50(11,62)42(57)31(7)40(55)27(3)23-48(9,61)44(29(5)39(30(6)45(59)68-38)37-24-49(10,63-13)43(58)32(8)67-37)69-47-41(56)35(22-28(4)66-47)53(12)25-33-26-54(52-51-33)20-21-65-36-19-17-16-18-34(36)46(60)64-15-2/h16-19,26-32,35,37-39,41-44,47,56-58,61-62H,14-15,20-25H2,1-13H3/t27-,28-,29+,30-,31+,32+,35+,37?,38-,39+,41-,42-,43+,44-,47+,48-,49-,50-/m1/s1. The second-order valence-electron chi connectivity index (χ2n) is 20.5. The summed E-state index contributed by atoms with van der Waals surface area (Å²) in [4.78, 5) is 42.9. The normalized spacial score (nSPS) is 39.7. The highest BCUT2D eigenvalue weighted by molar-refractivity contribution is 5.92. The number of hydrogen-bond donors (Lipinski definition) is 5. The van der Waals surface area contributed by atoms with E-state index in [2.05, 4.69) is 10.3 Å². The molecule has 69 heavy (non-hydrogen) atoms. The van der Waals surface area contributed by atoms with Gasteiger partial charge in [-0.1, -0.05) is 52.0 Å². The maximum absolute atomic E-state index is 14.5. The van der Waals surface area contributed by atoms with Crippen LogP contribution in [0.25, 0.3) is 0 Å². The topological polar surface area (TPSA) is 251 Å². The zero-order valence-corrected chi connectivity index (χ0v) is 42.8. The molecule has 0 aliphatic carbocycles. The maximum Gasteiger partial charge on any atom is 0.341 e. The molecule has 3 aliphatic rings. The van der Waals surface area contributed by atoms with Crippen molar-refractivity contribution in [2.24, 2.45) is 29.6 Å². The van der Waals surface area contributed by atoms with Gasteiger partial charge in [0.2, 0.25) is 0 Å². The van der Waals surface area contributed by atoms with Gasteiger partial charge in [0.1, 0.15) is 47.6 Å². The predicted octanol–water partition coefficient (Wildman–Crippen LogP) is 3.48. The Balaban J connectivity index is 1.44. The minimum absolute atomic E-state index is 0.123. The first-order valence-electron chi connectivity index (χ1n) is 24.5. The Kier molecular flexibility index (Phi) is 19.0. The molecule has 18 atom stereocenters. The molecule has 3 fully saturated rings. The summed E-state index contributed by atoms with van der Waals surface area (Å²) in [5, 5.41) is 68.2. The number of nitrogens with zero attached hydrogens (tertiary/aromatic N) is 4. The zero-order valence-electron chi connectivity index (χ0n) is 42.8. The number of methoxy groups -OCH3 is 1. The Bertz CT molecular complexity index is 2020. The summed E-state index contributed by atoms with van der Waals surface area (Å²) in [6, 6.07) is 6.30. The number of carbonyl (C=O) groups excluding carboxylic acids is 3. The second kappa shape index (κ2) is 23.3. The molecular weight excluding hydrogens is 897 g/mol. The number of carbonyl (C=O) groups is 3. The van der Waals surface area contributed by atoms with Crippen molar-refractivity contribution < 1.29 is 73.1 Å². The number of benzene rings is 1. The first-order valence-corrected chi connectivity index (χ1v) is 24.5. The van der Waals surface area contributed by atoms with Crippen molar-refractivity contribution in [3.63, 3.8) is 0 Å². The van der Waals surface area contributed by atoms with Crippen molar-refractivity contribution in [1.82, 2.24) is 19.9 Å². The van der Waals surface area contributed by atoms with Gasteiger partial charge >= 0.3 is 11.9 Å². The van der Waals surface area contributed by atoms with E-state index in [0.29, 0.717) is 30.0 Å². The second-order valence-corrected chi connectivity index (χ2v) is 20.5. The molecule has 3 aliphatic heterocycles. The van der Waals surface area contributed by atoms with E-state index < -0.39 is 125 Å². The fourth-order valence-electron chi connectivity index (χ4n) is 11.0. The van der Waals surface area contributed by atoms with E-state index in [0.717, 1.165) is 0 Å². The van der Waals surface area contributed by atoms with Crippen LogP contribution in [-0.2, 0) is 51.1 Å². The Labute approximate surface area is 407 Å². The van der Waals surface area contributed by atoms with Gasteiger partial charge in [-0.2, -0.15) is 0 Å². The van der Waals surface area contributed by atoms with Crippen molar-refractivity contribution in [2.45, 2.75) is 193 Å². The Morgan fingerprint density at radius 3 is 2.29 bits per heavy atom. The van der Waals surface area contributed by atoms with E-state index in [4.69, 9.17) is 33.2 Å². The number of ketones is 1. The van der Waals surface area contributed by atoms with E-state index in [9.17, 15) is 39.9 Å². The summed E-state index contributed by atoms with van der Waals surface area (Å²) in [5.74, 6) is -5.83. The van der Waals surface area contributed by atoms with Gasteiger partial charge in [-0.15, -0.1) is 5.10 Å². The van der Waals surface area contributed by atoms with Gasteiger partial charge in [0.25, 0.3) is 0 Å². The number of aromatic nitrogens is 3. The van der Waals surface area contributed by atoms with Crippen LogP contribution in [0.1, 0.15) is 118 Å². The van der Waals surface area contributed by atoms with Gasteiger partial charge in [0.15, 0.2) is 6.29 Å². The van der Waals surface area contributed by atoms with Crippen molar-refractivity contribution in [1.29, 1.82) is 0 Å². The van der Waals surface area contributed by atoms with Crippen LogP contribution in [-0.4, -0.2) is 168 Å². The number of ether oxygens (including phenoxy) is 7. The number of rotatable bonds is 14. The smallest absolute Gasteiger partial charge is 0.341 e. The number of Topliss-reactive ketones (excluding diaryl/α,β-unsaturated/α-hetero) is 1. The summed E-state index contributed by atoms with van der Waals surface area (Å²) in [5.41, 5.74) is -4.04. The van der Waals surface area contributed by atoms with Crippen LogP contribution in [0.2, 0.25) is 0 Å². The van der Waals surface area contributed by atoms with E-state index in [1.807, 2.05) is 25.8 Å². The average Bonchev–Trinajstić information content (AvgIpc) is 3.75. The molecule has 3 saturated heterocycles. The Morgan fingerprint density at radius 2 is 1.64 bits per heavy atom. The summed E-state index contributed by atoms with van der Waals surface area (Å²) < 4.78 is 44.4. The highest BCUT2D eigenvalue weighted by atomic mass is 16.7. The highest BCUT2D eigenvalue weighted by Crippen LogP contribution is 2.45. The molecule has 390 valence electrons. The van der Waals surface area contributed by atoms with Gasteiger partial charge in [0.05, 0.1) is 66.5 Å². The van der Waals surface area contributed by atoms with Crippen LogP contribution in [0.4, 0.5) is 0 Å². The molecule has 2 aromatic rings. The van der Waals surface area contributed by atoms with E-state index in [1.54, 1.807) is 76.7 Å². The van der Waals surface area contributed by atoms with Crippen molar-refractivity contribution in [2.75, 3.05) is 27.4 Å². The van der Waals surface area contributed by atoms with E-state index >= 15 is 0 Å². The SMILES string of the molecule is CCOC(=O)c1ccccc1OCCn1cc(CN(C)[C@H]2C[C@@H](C)O[C@@H](O[C@@H]3[C@@H](C)[C@H](C4C[C@@](C)(OC)[C@@H](O)[C@H](C)O4)[C@@H](C)C(=O)O[C@H](CC)[C@@](C)(O)[C@H](O)[C@@H](C)C(=O)[C@H](C)C[C@@]3(C)O)[C@@H]2O)nn1. The zero-order chi connectivity index (χ0) is 51.3. The molecule has 0 bridgehead atoms. The summed E-state index contributed by atoms with van der Waals surface area (Å²) >= 11 is 0. The quantitative estimate of drug-likeness (QED) is 0.170. The fraction of sp³-hybridized carbons (Fsp3) is 0.780. The van der Waals surface area contributed by atoms with Gasteiger partial charge in [0, 0.05) is 50.1 Å². The third kappa shape index (κ3) is 12.7. The molecule has 1 aromatic heterocycles. The Morgan fingerprint density at radius 1 is 0.957 bits per heavy atom. The molecule has 0 radical (unpaired) electrons. The molecule has 19 heteroatoms. The largest absolute Gasteiger partial charge is 0.491 e. The van der Waals surface area contributed by atoms with Crippen LogP contribution in [0.5, 0.6) is 5.75 Å². The third-order valence-corrected chi connectivity index (χ3v) is 15.0. The maximum atomic E-state index is 14.5. The lowest BCUT2D eigenvalue weighted by atomic mass is 9.67. The number of aliphatic hydroxyl groups is 5. The number of hydrogen-bond acceptors (Lipinski definition) is 18. The monoisotopic (exact) mass is 977 g/mol. The molecule has 19 nitrogen and oxygen atoms in total. The third-order valence-electron chi connectivity index (χ3n) is 15.0. The lowest BCUT2D eigenvalue weighted by molar-refractivity contribution is -0.303. The minimum atomic E-state index is -2.02. The summed E-state index contributed by atoms with van der Waals surface area (Å²) in [7, 11) is 3.33. The lowest BCUT2D eigenvalue weighted by Gasteiger charge is -2.51. The molecule has 0 spiro atoms. The number of cyclic esters (lactones) is 1. The van der Waals surface area contributed by atoms with Crippen LogP contribution in [0, 0.1) is 29.6 Å². The van der Waals surface area contributed by atoms with Gasteiger partial charge in [-0.3, -0.25) is 14.5 Å². The van der Waals surface area contributed by atoms with Gasteiger partial charge < -0.3 is 58.7 Å². The lowest BCUT2D eigenvalue weighted by Crippen LogP contribution is -2.62. The molecule has 0 amide bonds. The number of aliphatic hydroxyl groups excluding tert-OH is 3.